The number of aromatic nitrogens is 3. The molecule has 10 heteroatoms. The van der Waals surface area contributed by atoms with E-state index in [0.717, 1.165) is 17.4 Å². The van der Waals surface area contributed by atoms with Gasteiger partial charge in [-0.15, -0.1) is 5.11 Å². The predicted molar refractivity (Wildman–Crippen MR) is 117 cm³/mol. The fourth-order valence-corrected chi connectivity index (χ4v) is 3.39. The molecule has 3 aromatic rings. The third kappa shape index (κ3) is 5.31. The van der Waals surface area contributed by atoms with Gasteiger partial charge in [-0.1, -0.05) is 29.8 Å². The minimum atomic E-state index is -0.490. The standard InChI is InChI=1S/C21H21ClFN7O/c1-14-4-2-6-16(22)19(14)27-18-7-3-5-15(26-18)12-25-29-21-24-13-17(23)20(28-21)30-8-10-31-11-9-30/h2-7,13H,8-12H2,1H3,(H,26,27). The number of pyridine rings is 1. The molecule has 1 saturated heterocycles. The van der Waals surface area contributed by atoms with Crippen LogP contribution in [-0.2, 0) is 11.3 Å². The number of nitrogens with one attached hydrogen (secondary N) is 1. The summed E-state index contributed by atoms with van der Waals surface area (Å²) in [4.78, 5) is 14.5. The number of ether oxygens (including phenoxy) is 1. The molecule has 0 atom stereocenters. The van der Waals surface area contributed by atoms with Crippen LogP contribution in [0.15, 0.2) is 52.8 Å². The molecule has 8 nitrogen and oxygen atoms in total. The Balaban J connectivity index is 1.44. The highest BCUT2D eigenvalue weighted by Gasteiger charge is 2.17. The quantitative estimate of drug-likeness (QED) is 0.551. The number of rotatable bonds is 6. The average molecular weight is 442 g/mol. The molecule has 1 fully saturated rings. The van der Waals surface area contributed by atoms with Crippen LogP contribution >= 0.6 is 11.6 Å². The van der Waals surface area contributed by atoms with Crippen molar-refractivity contribution >= 4 is 34.9 Å². The summed E-state index contributed by atoms with van der Waals surface area (Å²) in [6, 6.07) is 11.3. The molecular formula is C21H21ClFN7O. The molecular weight excluding hydrogens is 421 g/mol. The second-order valence-corrected chi connectivity index (χ2v) is 7.32. The van der Waals surface area contributed by atoms with E-state index in [1.165, 1.54) is 0 Å². The van der Waals surface area contributed by atoms with Gasteiger partial charge in [0.15, 0.2) is 11.6 Å². The summed E-state index contributed by atoms with van der Waals surface area (Å²) in [5, 5.41) is 12.0. The van der Waals surface area contributed by atoms with E-state index < -0.39 is 5.82 Å². The van der Waals surface area contributed by atoms with Gasteiger partial charge in [0.1, 0.15) is 12.4 Å². The monoisotopic (exact) mass is 441 g/mol. The third-order valence-electron chi connectivity index (χ3n) is 4.70. The molecule has 0 saturated carbocycles. The van der Waals surface area contributed by atoms with Crippen molar-refractivity contribution < 1.29 is 9.13 Å². The van der Waals surface area contributed by atoms with Crippen LogP contribution in [0.25, 0.3) is 0 Å². The van der Waals surface area contributed by atoms with Gasteiger partial charge in [-0.3, -0.25) is 0 Å². The van der Waals surface area contributed by atoms with Gasteiger partial charge in [0.25, 0.3) is 5.95 Å². The van der Waals surface area contributed by atoms with Gasteiger partial charge in [-0.25, -0.2) is 14.4 Å². The van der Waals surface area contributed by atoms with Crippen molar-refractivity contribution in [1.29, 1.82) is 0 Å². The normalized spacial score (nSPS) is 14.2. The lowest BCUT2D eigenvalue weighted by atomic mass is 10.2. The van der Waals surface area contributed by atoms with E-state index in [-0.39, 0.29) is 18.3 Å². The van der Waals surface area contributed by atoms with Gasteiger partial charge in [0.05, 0.1) is 35.8 Å². The first-order valence-corrected chi connectivity index (χ1v) is 10.2. The first-order valence-electron chi connectivity index (χ1n) is 9.81. The van der Waals surface area contributed by atoms with Crippen molar-refractivity contribution in [3.05, 3.63) is 64.7 Å². The molecule has 160 valence electrons. The molecule has 1 aromatic carbocycles. The summed E-state index contributed by atoms with van der Waals surface area (Å²) >= 11 is 6.28. The molecule has 2 aromatic heterocycles. The first-order chi connectivity index (χ1) is 15.1. The highest BCUT2D eigenvalue weighted by atomic mass is 35.5. The maximum atomic E-state index is 14.1. The topological polar surface area (TPSA) is 87.9 Å². The summed E-state index contributed by atoms with van der Waals surface area (Å²) in [6.07, 6.45) is 1.11. The molecule has 3 heterocycles. The molecule has 0 aliphatic carbocycles. The molecule has 0 spiro atoms. The number of nitrogens with zero attached hydrogens (tertiary/aromatic N) is 6. The largest absolute Gasteiger partial charge is 0.378 e. The molecule has 0 unspecified atom stereocenters. The Labute approximate surface area is 184 Å². The Morgan fingerprint density at radius 2 is 1.97 bits per heavy atom. The summed E-state index contributed by atoms with van der Waals surface area (Å²) in [5.41, 5.74) is 2.53. The Kier molecular flexibility index (Phi) is 6.63. The van der Waals surface area contributed by atoms with Gasteiger partial charge < -0.3 is 15.0 Å². The summed E-state index contributed by atoms with van der Waals surface area (Å²) < 4.78 is 19.4. The summed E-state index contributed by atoms with van der Waals surface area (Å²) in [5.74, 6) is 0.475. The smallest absolute Gasteiger partial charge is 0.270 e. The zero-order valence-corrected chi connectivity index (χ0v) is 17.7. The van der Waals surface area contributed by atoms with E-state index in [9.17, 15) is 4.39 Å². The minimum Gasteiger partial charge on any atom is -0.378 e. The number of anilines is 3. The van der Waals surface area contributed by atoms with E-state index in [2.05, 4.69) is 30.5 Å². The fourth-order valence-electron chi connectivity index (χ4n) is 3.12. The molecule has 31 heavy (non-hydrogen) atoms. The summed E-state index contributed by atoms with van der Waals surface area (Å²) in [7, 11) is 0. The average Bonchev–Trinajstić information content (AvgIpc) is 2.78. The molecule has 1 aliphatic heterocycles. The van der Waals surface area contributed by atoms with Crippen molar-refractivity contribution in [2.24, 2.45) is 10.2 Å². The zero-order valence-electron chi connectivity index (χ0n) is 16.9. The number of halogens is 2. The van der Waals surface area contributed by atoms with Crippen LogP contribution in [0, 0.1) is 12.7 Å². The van der Waals surface area contributed by atoms with Crippen LogP contribution in [0.1, 0.15) is 11.3 Å². The van der Waals surface area contributed by atoms with Crippen molar-refractivity contribution in [3.8, 4) is 0 Å². The number of morpholine rings is 1. The van der Waals surface area contributed by atoms with E-state index >= 15 is 0 Å². The van der Waals surface area contributed by atoms with Gasteiger partial charge >= 0.3 is 0 Å². The summed E-state index contributed by atoms with van der Waals surface area (Å²) in [6.45, 7) is 4.40. The number of benzene rings is 1. The third-order valence-corrected chi connectivity index (χ3v) is 5.01. The molecule has 0 radical (unpaired) electrons. The number of hydrogen-bond acceptors (Lipinski definition) is 8. The molecule has 1 N–H and O–H groups in total. The Bertz CT molecular complexity index is 1070. The Morgan fingerprint density at radius 3 is 2.77 bits per heavy atom. The maximum absolute atomic E-state index is 14.1. The molecule has 1 aliphatic rings. The van der Waals surface area contributed by atoms with Crippen LogP contribution in [0.4, 0.5) is 27.7 Å². The lowest BCUT2D eigenvalue weighted by Crippen LogP contribution is -2.37. The molecule has 0 amide bonds. The highest BCUT2D eigenvalue weighted by Crippen LogP contribution is 2.28. The second-order valence-electron chi connectivity index (χ2n) is 6.91. The van der Waals surface area contributed by atoms with Crippen LogP contribution in [0.5, 0.6) is 0 Å². The van der Waals surface area contributed by atoms with Crippen LogP contribution in [-0.4, -0.2) is 41.3 Å². The number of azo groups is 1. The lowest BCUT2D eigenvalue weighted by Gasteiger charge is -2.27. The van der Waals surface area contributed by atoms with Crippen molar-refractivity contribution in [2.45, 2.75) is 13.5 Å². The second kappa shape index (κ2) is 9.76. The van der Waals surface area contributed by atoms with Gasteiger partial charge in [0.2, 0.25) is 0 Å². The SMILES string of the molecule is Cc1cccc(Cl)c1Nc1cccc(CN=Nc2ncc(F)c(N3CCOCC3)n2)n1. The minimum absolute atomic E-state index is 0.101. The molecule has 0 bridgehead atoms. The zero-order chi connectivity index (χ0) is 21.6. The van der Waals surface area contributed by atoms with E-state index in [1.54, 1.807) is 0 Å². The highest BCUT2D eigenvalue weighted by molar-refractivity contribution is 6.33. The number of aryl methyl sites for hydroxylation is 1. The van der Waals surface area contributed by atoms with Crippen LogP contribution in [0.3, 0.4) is 0 Å². The van der Waals surface area contributed by atoms with Gasteiger partial charge in [-0.2, -0.15) is 10.1 Å². The van der Waals surface area contributed by atoms with Crippen LogP contribution in [0.2, 0.25) is 5.02 Å². The Hall–Kier alpha value is -3.17. The first kappa shape index (κ1) is 21.1. The fraction of sp³-hybridized carbons (Fsp3) is 0.286. The molecule has 4 rings (SSSR count). The van der Waals surface area contributed by atoms with Crippen molar-refractivity contribution in [2.75, 3.05) is 36.5 Å². The maximum Gasteiger partial charge on any atom is 0.270 e. The van der Waals surface area contributed by atoms with E-state index in [0.29, 0.717) is 42.8 Å². The van der Waals surface area contributed by atoms with Crippen molar-refractivity contribution in [3.63, 3.8) is 0 Å². The number of para-hydroxylation sites is 1. The predicted octanol–water partition coefficient (Wildman–Crippen LogP) is 4.84. The Morgan fingerprint density at radius 1 is 1.16 bits per heavy atom. The lowest BCUT2D eigenvalue weighted by molar-refractivity contribution is 0.122. The van der Waals surface area contributed by atoms with E-state index in [4.69, 9.17) is 16.3 Å². The van der Waals surface area contributed by atoms with Gasteiger partial charge in [-0.05, 0) is 30.7 Å². The van der Waals surface area contributed by atoms with Crippen molar-refractivity contribution in [1.82, 2.24) is 15.0 Å². The van der Waals surface area contributed by atoms with E-state index in [1.807, 2.05) is 48.2 Å². The van der Waals surface area contributed by atoms with Crippen LogP contribution < -0.4 is 10.2 Å². The van der Waals surface area contributed by atoms with Gasteiger partial charge in [0, 0.05) is 13.1 Å². The number of hydrogen-bond donors (Lipinski definition) is 1.